The van der Waals surface area contributed by atoms with Gasteiger partial charge in [0.05, 0.1) is 30.4 Å². The van der Waals surface area contributed by atoms with Gasteiger partial charge in [-0.25, -0.2) is 0 Å². The number of phenolic OH excluding ortho intramolecular Hbond substituents is 2. The molecule has 0 bridgehead atoms. The highest BCUT2D eigenvalue weighted by molar-refractivity contribution is 6.16. The molecule has 30 heavy (non-hydrogen) atoms. The molecule has 6 atom stereocenters. The molecule has 9 nitrogen and oxygen atoms in total. The van der Waals surface area contributed by atoms with Crippen LogP contribution in [0.2, 0.25) is 0 Å². The van der Waals surface area contributed by atoms with Crippen LogP contribution in [0.5, 0.6) is 11.5 Å². The molecular weight excluding hydrogens is 396 g/mol. The first-order valence-corrected chi connectivity index (χ1v) is 9.43. The number of aliphatic hydroxyl groups excluding tert-OH is 5. The molecule has 1 saturated heterocycles. The van der Waals surface area contributed by atoms with Crippen LogP contribution in [-0.4, -0.2) is 78.7 Å². The number of ketones is 1. The van der Waals surface area contributed by atoms with Crippen molar-refractivity contribution in [2.24, 2.45) is 0 Å². The van der Waals surface area contributed by atoms with E-state index in [1.54, 1.807) is 6.07 Å². The Hall–Kier alpha value is -2.53. The number of rotatable bonds is 3. The van der Waals surface area contributed by atoms with Crippen LogP contribution >= 0.6 is 0 Å². The van der Waals surface area contributed by atoms with Crippen LogP contribution in [0.4, 0.5) is 0 Å². The lowest BCUT2D eigenvalue weighted by atomic mass is 9.71. The molecule has 1 aliphatic carbocycles. The Morgan fingerprint density at radius 2 is 1.57 bits per heavy atom. The predicted octanol–water partition coefficient (Wildman–Crippen LogP) is -0.891. The Morgan fingerprint density at radius 1 is 0.867 bits per heavy atom. The third-order valence-electron chi connectivity index (χ3n) is 5.85. The van der Waals surface area contributed by atoms with Gasteiger partial charge in [0.2, 0.25) is 5.78 Å². The third kappa shape index (κ3) is 2.99. The first-order chi connectivity index (χ1) is 14.3. The summed E-state index contributed by atoms with van der Waals surface area (Å²) in [5.74, 6) is -2.34. The second-order valence-corrected chi connectivity index (χ2v) is 7.58. The van der Waals surface area contributed by atoms with Gasteiger partial charge in [0.15, 0.2) is 0 Å². The van der Waals surface area contributed by atoms with Crippen LogP contribution in [0.25, 0.3) is 0 Å². The van der Waals surface area contributed by atoms with Crippen molar-refractivity contribution >= 4 is 5.78 Å². The van der Waals surface area contributed by atoms with E-state index in [0.29, 0.717) is 5.56 Å². The van der Waals surface area contributed by atoms with Crippen LogP contribution in [0, 0.1) is 0 Å². The molecule has 4 rings (SSSR count). The monoisotopic (exact) mass is 418 g/mol. The maximum atomic E-state index is 13.1. The highest BCUT2D eigenvalue weighted by atomic mass is 16.5. The van der Waals surface area contributed by atoms with Gasteiger partial charge in [-0.2, -0.15) is 0 Å². The zero-order valence-electron chi connectivity index (χ0n) is 15.7. The number of phenols is 2. The van der Waals surface area contributed by atoms with E-state index in [4.69, 9.17) is 4.74 Å². The number of carbonyl (C=O) groups is 1. The van der Waals surface area contributed by atoms with Crippen LogP contribution in [0.3, 0.4) is 0 Å². The zero-order chi connectivity index (χ0) is 21.7. The number of hydrogen-bond donors (Lipinski definition) is 7. The average Bonchev–Trinajstić information content (AvgIpc) is 2.73. The van der Waals surface area contributed by atoms with E-state index in [1.165, 1.54) is 24.3 Å². The van der Waals surface area contributed by atoms with Gasteiger partial charge < -0.3 is 40.5 Å². The van der Waals surface area contributed by atoms with Crippen LogP contribution in [0.15, 0.2) is 30.3 Å². The minimum absolute atomic E-state index is 0.0843. The van der Waals surface area contributed by atoms with Gasteiger partial charge >= 0.3 is 0 Å². The SMILES string of the molecule is O=C1c2c(O)cccc2[C@@H]([C@@H]2O[C@@H](CO)[C@@H](O)[C@@H](O)[C@H]2O)c2cc(CO)cc(O)c21. The van der Waals surface area contributed by atoms with Crippen LogP contribution in [-0.2, 0) is 11.3 Å². The molecule has 0 aromatic heterocycles. The van der Waals surface area contributed by atoms with Crippen molar-refractivity contribution < 1.29 is 45.3 Å². The molecule has 2 aromatic carbocycles. The normalized spacial score (nSPS) is 30.6. The van der Waals surface area contributed by atoms with Gasteiger partial charge in [-0.15, -0.1) is 0 Å². The molecule has 0 amide bonds. The van der Waals surface area contributed by atoms with Gasteiger partial charge in [0.25, 0.3) is 0 Å². The number of hydrogen-bond acceptors (Lipinski definition) is 9. The van der Waals surface area contributed by atoms with Crippen molar-refractivity contribution in [3.05, 3.63) is 58.1 Å². The molecule has 0 radical (unpaired) electrons. The maximum Gasteiger partial charge on any atom is 0.201 e. The molecule has 2 aliphatic rings. The van der Waals surface area contributed by atoms with E-state index in [0.717, 1.165) is 0 Å². The first-order valence-electron chi connectivity index (χ1n) is 9.43. The lowest BCUT2D eigenvalue weighted by Crippen LogP contribution is -2.60. The number of benzene rings is 2. The summed E-state index contributed by atoms with van der Waals surface area (Å²) in [6, 6.07) is 7.06. The van der Waals surface area contributed by atoms with E-state index >= 15 is 0 Å². The first kappa shape index (κ1) is 20.7. The minimum Gasteiger partial charge on any atom is -0.507 e. The molecule has 1 fully saturated rings. The summed E-state index contributed by atoms with van der Waals surface area (Å²) in [6.07, 6.45) is -7.22. The summed E-state index contributed by atoms with van der Waals surface area (Å²) in [4.78, 5) is 13.1. The second-order valence-electron chi connectivity index (χ2n) is 7.58. The van der Waals surface area contributed by atoms with E-state index in [2.05, 4.69) is 0 Å². The van der Waals surface area contributed by atoms with E-state index < -0.39 is 61.2 Å². The van der Waals surface area contributed by atoms with Crippen molar-refractivity contribution in [3.8, 4) is 11.5 Å². The van der Waals surface area contributed by atoms with Crippen LogP contribution < -0.4 is 0 Å². The number of aliphatic hydroxyl groups is 5. The molecule has 0 spiro atoms. The molecule has 0 saturated carbocycles. The molecule has 160 valence electrons. The van der Waals surface area contributed by atoms with Gasteiger partial charge in [0, 0.05) is 5.92 Å². The van der Waals surface area contributed by atoms with Crippen molar-refractivity contribution in [2.75, 3.05) is 6.61 Å². The molecule has 2 aromatic rings. The standard InChI is InChI=1S/C21H22O9/c22-6-8-4-10-14(21-20(29)19(28)17(26)13(7-23)30-21)9-2-1-3-11(24)15(9)18(27)16(10)12(25)5-8/h1-5,13-14,17,19-26,28-29H,6-7H2/t13-,14+,17+,19+,20+,21-/m0/s1. The summed E-state index contributed by atoms with van der Waals surface area (Å²) in [7, 11) is 0. The number of ether oxygens (including phenoxy) is 1. The lowest BCUT2D eigenvalue weighted by Gasteiger charge is -2.45. The topological polar surface area (TPSA) is 168 Å². The zero-order valence-corrected chi connectivity index (χ0v) is 15.7. The Labute approximate surface area is 171 Å². The number of aromatic hydroxyl groups is 2. The Bertz CT molecular complexity index is 987. The Morgan fingerprint density at radius 3 is 2.23 bits per heavy atom. The summed E-state index contributed by atoms with van der Waals surface area (Å²) in [5.41, 5.74) is 0.609. The fourth-order valence-corrected chi connectivity index (χ4v) is 4.41. The molecule has 1 heterocycles. The summed E-state index contributed by atoms with van der Waals surface area (Å²) in [6.45, 7) is -1.06. The molecule has 0 unspecified atom stereocenters. The van der Waals surface area contributed by atoms with Gasteiger partial charge in [0.1, 0.15) is 35.9 Å². The van der Waals surface area contributed by atoms with Gasteiger partial charge in [-0.1, -0.05) is 18.2 Å². The van der Waals surface area contributed by atoms with Crippen molar-refractivity contribution in [1.82, 2.24) is 0 Å². The van der Waals surface area contributed by atoms with Gasteiger partial charge in [-0.05, 0) is 28.8 Å². The van der Waals surface area contributed by atoms with Crippen molar-refractivity contribution in [3.63, 3.8) is 0 Å². The summed E-state index contributed by atoms with van der Waals surface area (Å²) >= 11 is 0. The highest BCUT2D eigenvalue weighted by Crippen LogP contribution is 2.47. The Kier molecular flexibility index (Phi) is 5.27. The number of fused-ring (bicyclic) bond motifs is 2. The quantitative estimate of drug-likeness (QED) is 0.334. The fourth-order valence-electron chi connectivity index (χ4n) is 4.41. The average molecular weight is 418 g/mol. The molecule has 7 N–H and O–H groups in total. The van der Waals surface area contributed by atoms with E-state index in [-0.39, 0.29) is 28.0 Å². The maximum absolute atomic E-state index is 13.1. The van der Waals surface area contributed by atoms with E-state index in [9.17, 15) is 40.5 Å². The largest absolute Gasteiger partial charge is 0.507 e. The molecule has 9 heteroatoms. The van der Waals surface area contributed by atoms with Crippen LogP contribution in [0.1, 0.15) is 38.5 Å². The van der Waals surface area contributed by atoms with E-state index in [1.807, 2.05) is 0 Å². The third-order valence-corrected chi connectivity index (χ3v) is 5.85. The second kappa shape index (κ2) is 7.62. The summed E-state index contributed by atoms with van der Waals surface area (Å²) in [5, 5.41) is 71.0. The fraction of sp³-hybridized carbons (Fsp3) is 0.381. The predicted molar refractivity (Wildman–Crippen MR) is 101 cm³/mol. The van der Waals surface area contributed by atoms with Crippen molar-refractivity contribution in [1.29, 1.82) is 0 Å². The minimum atomic E-state index is -1.64. The van der Waals surface area contributed by atoms with Crippen molar-refractivity contribution in [2.45, 2.75) is 43.0 Å². The number of carbonyl (C=O) groups excluding carboxylic acids is 1. The molecule has 1 aliphatic heterocycles. The molecular formula is C21H22O9. The Balaban J connectivity index is 1.96. The smallest absolute Gasteiger partial charge is 0.201 e. The summed E-state index contributed by atoms with van der Waals surface area (Å²) < 4.78 is 5.73. The van der Waals surface area contributed by atoms with Gasteiger partial charge in [-0.3, -0.25) is 4.79 Å². The highest BCUT2D eigenvalue weighted by Gasteiger charge is 2.50. The lowest BCUT2D eigenvalue weighted by molar-refractivity contribution is -0.232.